The van der Waals surface area contributed by atoms with Gasteiger partial charge in [0.05, 0.1) is 12.5 Å². The minimum atomic E-state index is 0.00973. The van der Waals surface area contributed by atoms with Crippen molar-refractivity contribution in [1.29, 1.82) is 0 Å². The molecule has 1 aromatic heterocycles. The standard InChI is InChI=1S/C18H27N3O2/c1-18(2,3)12-21-15(10-7-11-19-4)20-16-13(17(21)22)8-6-9-14(16)23-5/h6,8-9,19H,7,10-12H2,1-5H3. The van der Waals surface area contributed by atoms with Gasteiger partial charge < -0.3 is 10.1 Å². The predicted octanol–water partition coefficient (Wildman–Crippen LogP) is 2.60. The van der Waals surface area contributed by atoms with E-state index >= 15 is 0 Å². The van der Waals surface area contributed by atoms with Gasteiger partial charge in [0, 0.05) is 13.0 Å². The first-order valence-corrected chi connectivity index (χ1v) is 8.08. The maximum atomic E-state index is 13.0. The molecule has 5 heteroatoms. The van der Waals surface area contributed by atoms with Crippen molar-refractivity contribution in [3.05, 3.63) is 34.4 Å². The number of aromatic nitrogens is 2. The Morgan fingerprint density at radius 3 is 2.65 bits per heavy atom. The summed E-state index contributed by atoms with van der Waals surface area (Å²) >= 11 is 0. The molecule has 0 bridgehead atoms. The number of ether oxygens (including phenoxy) is 1. The Morgan fingerprint density at radius 2 is 2.04 bits per heavy atom. The van der Waals surface area contributed by atoms with Gasteiger partial charge in [0.2, 0.25) is 0 Å². The van der Waals surface area contributed by atoms with Crippen LogP contribution in [-0.4, -0.2) is 30.3 Å². The van der Waals surface area contributed by atoms with Gasteiger partial charge in [-0.2, -0.15) is 0 Å². The van der Waals surface area contributed by atoms with E-state index in [0.29, 0.717) is 23.2 Å². The zero-order valence-electron chi connectivity index (χ0n) is 14.8. The van der Waals surface area contributed by atoms with Crippen LogP contribution in [0.4, 0.5) is 0 Å². The largest absolute Gasteiger partial charge is 0.494 e. The van der Waals surface area contributed by atoms with Gasteiger partial charge in [0.15, 0.2) is 0 Å². The Bertz CT molecular complexity index is 729. The molecular formula is C18H27N3O2. The fraction of sp³-hybridized carbons (Fsp3) is 0.556. The topological polar surface area (TPSA) is 56.2 Å². The molecule has 126 valence electrons. The predicted molar refractivity (Wildman–Crippen MR) is 94.3 cm³/mol. The number of para-hydroxylation sites is 1. The van der Waals surface area contributed by atoms with Crippen molar-refractivity contribution in [2.24, 2.45) is 5.41 Å². The lowest BCUT2D eigenvalue weighted by molar-refractivity contribution is 0.330. The Labute approximate surface area is 137 Å². The first kappa shape index (κ1) is 17.5. The molecule has 1 aromatic carbocycles. The van der Waals surface area contributed by atoms with Crippen molar-refractivity contribution in [3.63, 3.8) is 0 Å². The molecule has 0 saturated heterocycles. The number of aryl methyl sites for hydroxylation is 1. The molecular weight excluding hydrogens is 290 g/mol. The lowest BCUT2D eigenvalue weighted by atomic mass is 9.96. The third-order valence-corrected chi connectivity index (χ3v) is 3.71. The Kier molecular flexibility index (Phi) is 5.42. The van der Waals surface area contributed by atoms with Crippen LogP contribution in [-0.2, 0) is 13.0 Å². The van der Waals surface area contributed by atoms with Crippen LogP contribution in [0.2, 0.25) is 0 Å². The van der Waals surface area contributed by atoms with E-state index in [4.69, 9.17) is 9.72 Å². The molecule has 0 amide bonds. The molecule has 23 heavy (non-hydrogen) atoms. The van der Waals surface area contributed by atoms with Crippen LogP contribution in [0, 0.1) is 5.41 Å². The van der Waals surface area contributed by atoms with E-state index in [1.165, 1.54) is 0 Å². The molecule has 0 radical (unpaired) electrons. The highest BCUT2D eigenvalue weighted by atomic mass is 16.5. The fourth-order valence-electron chi connectivity index (χ4n) is 2.68. The lowest BCUT2D eigenvalue weighted by Gasteiger charge is -2.23. The number of nitrogens with one attached hydrogen (secondary N) is 1. The van der Waals surface area contributed by atoms with Gasteiger partial charge in [-0.15, -0.1) is 0 Å². The number of nitrogens with zero attached hydrogens (tertiary/aromatic N) is 2. The quantitative estimate of drug-likeness (QED) is 0.832. The normalized spacial score (nSPS) is 11.9. The van der Waals surface area contributed by atoms with Crippen LogP contribution < -0.4 is 15.6 Å². The number of hydrogen-bond acceptors (Lipinski definition) is 4. The summed E-state index contributed by atoms with van der Waals surface area (Å²) in [5.74, 6) is 1.48. The summed E-state index contributed by atoms with van der Waals surface area (Å²) in [7, 11) is 3.54. The highest BCUT2D eigenvalue weighted by Crippen LogP contribution is 2.23. The molecule has 0 aliphatic heterocycles. The number of hydrogen-bond donors (Lipinski definition) is 1. The van der Waals surface area contributed by atoms with E-state index in [-0.39, 0.29) is 11.0 Å². The van der Waals surface area contributed by atoms with Gasteiger partial charge >= 0.3 is 0 Å². The van der Waals surface area contributed by atoms with Crippen LogP contribution in [0.25, 0.3) is 10.9 Å². The molecule has 1 N–H and O–H groups in total. The average molecular weight is 317 g/mol. The molecule has 2 aromatic rings. The molecule has 1 heterocycles. The molecule has 0 aliphatic carbocycles. The Balaban J connectivity index is 2.62. The number of benzene rings is 1. The molecule has 5 nitrogen and oxygen atoms in total. The first-order valence-electron chi connectivity index (χ1n) is 8.08. The molecule has 0 unspecified atom stereocenters. The smallest absolute Gasteiger partial charge is 0.261 e. The van der Waals surface area contributed by atoms with Gasteiger partial charge in [0.1, 0.15) is 17.1 Å². The maximum Gasteiger partial charge on any atom is 0.261 e. The second-order valence-electron chi connectivity index (χ2n) is 7.04. The van der Waals surface area contributed by atoms with E-state index in [1.807, 2.05) is 29.8 Å². The van der Waals surface area contributed by atoms with Crippen LogP contribution in [0.15, 0.2) is 23.0 Å². The third kappa shape index (κ3) is 4.10. The first-order chi connectivity index (χ1) is 10.9. The average Bonchev–Trinajstić information content (AvgIpc) is 2.49. The minimum absolute atomic E-state index is 0.00973. The lowest BCUT2D eigenvalue weighted by Crippen LogP contribution is -2.31. The van der Waals surface area contributed by atoms with Gasteiger partial charge in [-0.3, -0.25) is 9.36 Å². The second kappa shape index (κ2) is 7.13. The second-order valence-corrected chi connectivity index (χ2v) is 7.04. The summed E-state index contributed by atoms with van der Waals surface area (Å²) < 4.78 is 7.21. The van der Waals surface area contributed by atoms with Crippen LogP contribution in [0.1, 0.15) is 33.0 Å². The van der Waals surface area contributed by atoms with Gasteiger partial charge in [-0.05, 0) is 37.6 Å². The van der Waals surface area contributed by atoms with Gasteiger partial charge in [-0.1, -0.05) is 26.8 Å². The van der Waals surface area contributed by atoms with E-state index < -0.39 is 0 Å². The maximum absolute atomic E-state index is 13.0. The molecule has 0 spiro atoms. The Morgan fingerprint density at radius 1 is 1.30 bits per heavy atom. The van der Waals surface area contributed by atoms with Crippen molar-refractivity contribution in [2.75, 3.05) is 20.7 Å². The molecule has 2 rings (SSSR count). The fourth-order valence-corrected chi connectivity index (χ4v) is 2.68. The van der Waals surface area contributed by atoms with E-state index in [0.717, 1.165) is 25.2 Å². The van der Waals surface area contributed by atoms with E-state index in [2.05, 4.69) is 26.1 Å². The zero-order valence-corrected chi connectivity index (χ0v) is 14.8. The number of methoxy groups -OCH3 is 1. The van der Waals surface area contributed by atoms with Gasteiger partial charge in [0.25, 0.3) is 5.56 Å². The molecule has 0 aliphatic rings. The summed E-state index contributed by atoms with van der Waals surface area (Å²) in [6.45, 7) is 7.95. The Hall–Kier alpha value is -1.88. The SMILES string of the molecule is CNCCCc1nc2c(OC)cccc2c(=O)n1CC(C)(C)C. The van der Waals surface area contributed by atoms with Crippen molar-refractivity contribution in [3.8, 4) is 5.75 Å². The summed E-state index contributed by atoms with van der Waals surface area (Å²) in [6.07, 6.45) is 1.70. The van der Waals surface area contributed by atoms with E-state index in [9.17, 15) is 4.79 Å². The van der Waals surface area contributed by atoms with E-state index in [1.54, 1.807) is 7.11 Å². The number of rotatable bonds is 6. The van der Waals surface area contributed by atoms with Crippen molar-refractivity contribution < 1.29 is 4.74 Å². The molecule has 0 atom stereocenters. The van der Waals surface area contributed by atoms with Crippen molar-refractivity contribution in [2.45, 2.75) is 40.2 Å². The molecule has 0 saturated carbocycles. The highest BCUT2D eigenvalue weighted by molar-refractivity contribution is 5.83. The summed E-state index contributed by atoms with van der Waals surface area (Å²) in [5, 5.41) is 3.76. The van der Waals surface area contributed by atoms with Crippen LogP contribution >= 0.6 is 0 Å². The van der Waals surface area contributed by atoms with Gasteiger partial charge in [-0.25, -0.2) is 4.98 Å². The third-order valence-electron chi connectivity index (χ3n) is 3.71. The summed E-state index contributed by atoms with van der Waals surface area (Å²) in [5.41, 5.74) is 0.684. The minimum Gasteiger partial charge on any atom is -0.494 e. The van der Waals surface area contributed by atoms with Crippen molar-refractivity contribution >= 4 is 10.9 Å². The van der Waals surface area contributed by atoms with Crippen LogP contribution in [0.3, 0.4) is 0 Å². The highest BCUT2D eigenvalue weighted by Gasteiger charge is 2.18. The summed E-state index contributed by atoms with van der Waals surface area (Å²) in [4.78, 5) is 17.8. The van der Waals surface area contributed by atoms with Crippen LogP contribution in [0.5, 0.6) is 5.75 Å². The molecule has 0 fully saturated rings. The monoisotopic (exact) mass is 317 g/mol. The zero-order chi connectivity index (χ0) is 17.0. The summed E-state index contributed by atoms with van der Waals surface area (Å²) in [6, 6.07) is 5.51. The van der Waals surface area contributed by atoms with Crippen molar-refractivity contribution in [1.82, 2.24) is 14.9 Å². The number of fused-ring (bicyclic) bond motifs is 1.